The molecule has 0 radical (unpaired) electrons. The minimum Gasteiger partial charge on any atom is -0.394 e. The van der Waals surface area contributed by atoms with E-state index in [0.29, 0.717) is 0 Å². The Kier molecular flexibility index (Phi) is 5.73. The standard InChI is InChI=1S/C25H26O5/c1-29-25(23(28)22(27)21(17-26)30-25)24(18-11-5-2-6-12-18,19-13-7-3-8-14-19)20-15-9-4-10-16-20/h2-16,21-23,26-28H,17H2,1H3/t21-,22+,23-,25?/m1/s1. The fourth-order valence-corrected chi connectivity index (χ4v) is 4.74. The monoisotopic (exact) mass is 406 g/mol. The zero-order chi connectivity index (χ0) is 21.2. The Morgan fingerprint density at radius 3 is 1.50 bits per heavy atom. The van der Waals surface area contributed by atoms with Crippen LogP contribution in [0.15, 0.2) is 91.0 Å². The number of aliphatic hydroxyl groups is 3. The number of hydrogen-bond donors (Lipinski definition) is 3. The van der Waals surface area contributed by atoms with Gasteiger partial charge in [-0.3, -0.25) is 0 Å². The quantitative estimate of drug-likeness (QED) is 0.548. The van der Waals surface area contributed by atoms with E-state index in [1.54, 1.807) is 0 Å². The van der Waals surface area contributed by atoms with Gasteiger partial charge in [0.15, 0.2) is 0 Å². The van der Waals surface area contributed by atoms with E-state index in [4.69, 9.17) is 9.47 Å². The molecule has 156 valence electrons. The number of methoxy groups -OCH3 is 1. The third kappa shape index (κ3) is 2.90. The van der Waals surface area contributed by atoms with Crippen molar-refractivity contribution in [2.75, 3.05) is 13.7 Å². The molecule has 0 bridgehead atoms. The summed E-state index contributed by atoms with van der Waals surface area (Å²) in [5, 5.41) is 31.8. The van der Waals surface area contributed by atoms with E-state index in [2.05, 4.69) is 0 Å². The van der Waals surface area contributed by atoms with Crippen LogP contribution in [-0.2, 0) is 14.9 Å². The molecule has 5 heteroatoms. The summed E-state index contributed by atoms with van der Waals surface area (Å²) in [6.07, 6.45) is -3.72. The average Bonchev–Trinajstić information content (AvgIpc) is 3.07. The van der Waals surface area contributed by atoms with Gasteiger partial charge < -0.3 is 24.8 Å². The summed E-state index contributed by atoms with van der Waals surface area (Å²) in [5.74, 6) is -1.69. The van der Waals surface area contributed by atoms with E-state index in [1.165, 1.54) is 7.11 Å². The summed E-state index contributed by atoms with van der Waals surface area (Å²) >= 11 is 0. The van der Waals surface area contributed by atoms with Crippen LogP contribution >= 0.6 is 0 Å². The predicted molar refractivity (Wildman–Crippen MR) is 113 cm³/mol. The SMILES string of the molecule is COC1(C(c2ccccc2)(c2ccccc2)c2ccccc2)O[C@H](CO)[C@H](O)[C@H]1O. The van der Waals surface area contributed by atoms with Crippen molar-refractivity contribution in [1.82, 2.24) is 0 Å². The Hall–Kier alpha value is -2.54. The normalized spacial score (nSPS) is 26.6. The molecule has 4 atom stereocenters. The van der Waals surface area contributed by atoms with E-state index in [1.807, 2.05) is 91.0 Å². The molecule has 4 rings (SSSR count). The van der Waals surface area contributed by atoms with E-state index < -0.39 is 36.1 Å². The highest BCUT2D eigenvalue weighted by molar-refractivity contribution is 5.54. The van der Waals surface area contributed by atoms with Crippen LogP contribution in [0.25, 0.3) is 0 Å². The maximum atomic E-state index is 11.3. The number of hydrogen-bond acceptors (Lipinski definition) is 5. The van der Waals surface area contributed by atoms with Crippen LogP contribution in [0, 0.1) is 0 Å². The fourth-order valence-electron chi connectivity index (χ4n) is 4.74. The van der Waals surface area contributed by atoms with Gasteiger partial charge in [-0.1, -0.05) is 91.0 Å². The maximum Gasteiger partial charge on any atom is 0.215 e. The molecule has 1 heterocycles. The van der Waals surface area contributed by atoms with Crippen molar-refractivity contribution in [3.8, 4) is 0 Å². The summed E-state index contributed by atoms with van der Waals surface area (Å²) in [4.78, 5) is 0. The first-order chi connectivity index (χ1) is 14.6. The topological polar surface area (TPSA) is 79.2 Å². The Bertz CT molecular complexity index is 850. The van der Waals surface area contributed by atoms with Gasteiger partial charge in [-0.2, -0.15) is 0 Å². The third-order valence-electron chi connectivity index (χ3n) is 6.05. The molecular formula is C25H26O5. The lowest BCUT2D eigenvalue weighted by Crippen LogP contribution is -2.61. The second-order valence-corrected chi connectivity index (χ2v) is 7.49. The number of benzene rings is 3. The second-order valence-electron chi connectivity index (χ2n) is 7.49. The van der Waals surface area contributed by atoms with Gasteiger partial charge in [0.2, 0.25) is 5.79 Å². The Labute approximate surface area is 176 Å². The van der Waals surface area contributed by atoms with Crippen LogP contribution in [0.2, 0.25) is 0 Å². The number of rotatable bonds is 6. The van der Waals surface area contributed by atoms with Crippen LogP contribution in [0.5, 0.6) is 0 Å². The van der Waals surface area contributed by atoms with Gasteiger partial charge in [0, 0.05) is 7.11 Å². The number of ether oxygens (including phenoxy) is 2. The van der Waals surface area contributed by atoms with Gasteiger partial charge in [-0.15, -0.1) is 0 Å². The van der Waals surface area contributed by atoms with E-state index >= 15 is 0 Å². The molecule has 3 aromatic carbocycles. The first-order valence-corrected chi connectivity index (χ1v) is 9.98. The highest BCUT2D eigenvalue weighted by atomic mass is 16.7. The molecule has 0 saturated carbocycles. The van der Waals surface area contributed by atoms with Crippen molar-refractivity contribution in [1.29, 1.82) is 0 Å². The van der Waals surface area contributed by atoms with Crippen LogP contribution in [-0.4, -0.2) is 53.1 Å². The maximum absolute atomic E-state index is 11.3. The van der Waals surface area contributed by atoms with Crippen molar-refractivity contribution in [2.24, 2.45) is 0 Å². The largest absolute Gasteiger partial charge is 0.394 e. The van der Waals surface area contributed by atoms with Gasteiger partial charge >= 0.3 is 0 Å². The van der Waals surface area contributed by atoms with E-state index in [9.17, 15) is 15.3 Å². The molecule has 3 aromatic rings. The summed E-state index contributed by atoms with van der Waals surface area (Å²) in [6.45, 7) is -0.447. The molecule has 0 spiro atoms. The molecule has 1 aliphatic rings. The summed E-state index contributed by atoms with van der Waals surface area (Å²) < 4.78 is 12.2. The minimum absolute atomic E-state index is 0.447. The lowest BCUT2D eigenvalue weighted by Gasteiger charge is -2.49. The first kappa shape index (κ1) is 20.7. The van der Waals surface area contributed by atoms with Gasteiger partial charge in [-0.05, 0) is 16.7 Å². The van der Waals surface area contributed by atoms with Crippen LogP contribution in [0.3, 0.4) is 0 Å². The first-order valence-electron chi connectivity index (χ1n) is 9.98. The molecular weight excluding hydrogens is 380 g/mol. The zero-order valence-electron chi connectivity index (χ0n) is 16.8. The molecule has 0 amide bonds. The van der Waals surface area contributed by atoms with Crippen LogP contribution < -0.4 is 0 Å². The lowest BCUT2D eigenvalue weighted by atomic mass is 9.62. The third-order valence-corrected chi connectivity index (χ3v) is 6.05. The summed E-state index contributed by atoms with van der Waals surface area (Å²) in [6, 6.07) is 29.0. The molecule has 1 saturated heterocycles. The summed E-state index contributed by atoms with van der Waals surface area (Å²) in [7, 11) is 1.46. The average molecular weight is 406 g/mol. The highest BCUT2D eigenvalue weighted by Gasteiger charge is 2.67. The predicted octanol–water partition coefficient (Wildman–Crippen LogP) is 2.48. The molecule has 0 aliphatic carbocycles. The number of aliphatic hydroxyl groups excluding tert-OH is 3. The van der Waals surface area contributed by atoms with Crippen LogP contribution in [0.1, 0.15) is 16.7 Å². The molecule has 3 N–H and O–H groups in total. The smallest absolute Gasteiger partial charge is 0.215 e. The van der Waals surface area contributed by atoms with Crippen LogP contribution in [0.4, 0.5) is 0 Å². The second kappa shape index (κ2) is 8.30. The van der Waals surface area contributed by atoms with Crippen molar-refractivity contribution < 1.29 is 24.8 Å². The van der Waals surface area contributed by atoms with Gasteiger partial charge in [0.05, 0.1) is 6.61 Å². The summed E-state index contributed by atoms with van der Waals surface area (Å²) in [5.41, 5.74) is 1.35. The molecule has 1 fully saturated rings. The fraction of sp³-hybridized carbons (Fsp3) is 0.280. The van der Waals surface area contributed by atoms with Gasteiger partial charge in [-0.25, -0.2) is 0 Å². The molecule has 0 aromatic heterocycles. The Morgan fingerprint density at radius 1 is 0.800 bits per heavy atom. The molecule has 5 nitrogen and oxygen atoms in total. The highest BCUT2D eigenvalue weighted by Crippen LogP contribution is 2.54. The Balaban J connectivity index is 2.13. The lowest BCUT2D eigenvalue weighted by molar-refractivity contribution is -0.272. The molecule has 1 aliphatic heterocycles. The van der Waals surface area contributed by atoms with Crippen molar-refractivity contribution in [3.63, 3.8) is 0 Å². The molecule has 1 unspecified atom stereocenters. The minimum atomic E-state index is -1.69. The van der Waals surface area contributed by atoms with Gasteiger partial charge in [0.25, 0.3) is 0 Å². The van der Waals surface area contributed by atoms with E-state index in [0.717, 1.165) is 16.7 Å². The van der Waals surface area contributed by atoms with E-state index in [-0.39, 0.29) is 0 Å². The van der Waals surface area contributed by atoms with Crippen molar-refractivity contribution in [3.05, 3.63) is 108 Å². The molecule has 30 heavy (non-hydrogen) atoms. The van der Waals surface area contributed by atoms with Crippen molar-refractivity contribution in [2.45, 2.75) is 29.5 Å². The van der Waals surface area contributed by atoms with Crippen molar-refractivity contribution >= 4 is 0 Å². The Morgan fingerprint density at radius 2 is 1.20 bits per heavy atom. The zero-order valence-corrected chi connectivity index (χ0v) is 16.8. The van der Waals surface area contributed by atoms with Gasteiger partial charge in [0.1, 0.15) is 23.7 Å².